The molecule has 1 unspecified atom stereocenters. The number of para-hydroxylation sites is 1. The topological polar surface area (TPSA) is 62.9 Å². The molecule has 2 aromatic rings. The van der Waals surface area contributed by atoms with Gasteiger partial charge in [-0.25, -0.2) is 0 Å². The van der Waals surface area contributed by atoms with E-state index in [1.165, 1.54) is 24.0 Å². The zero-order chi connectivity index (χ0) is 19.1. The van der Waals surface area contributed by atoms with E-state index in [1.807, 2.05) is 24.3 Å². The molecule has 0 aliphatic carbocycles. The minimum Gasteiger partial charge on any atom is -0.380 e. The zero-order valence-electron chi connectivity index (χ0n) is 16.3. The van der Waals surface area contributed by atoms with Crippen LogP contribution < -0.4 is 11.1 Å². The van der Waals surface area contributed by atoms with Crippen molar-refractivity contribution in [3.63, 3.8) is 0 Å². The highest BCUT2D eigenvalue weighted by atomic mass is 16.5. The van der Waals surface area contributed by atoms with Crippen LogP contribution in [0.4, 0.5) is 5.69 Å². The smallest absolute Gasteiger partial charge is 0.193 e. The number of aliphatic imine (C=N–C) groups is 1. The first-order valence-electron chi connectivity index (χ1n) is 9.62. The molecule has 1 aliphatic heterocycles. The van der Waals surface area contributed by atoms with Gasteiger partial charge in [0.15, 0.2) is 5.96 Å². The number of hydrogen-bond donors (Lipinski definition) is 2. The van der Waals surface area contributed by atoms with Gasteiger partial charge in [-0.15, -0.1) is 0 Å². The number of nitrogens with two attached hydrogens (primary N) is 1. The highest BCUT2D eigenvalue weighted by Gasteiger charge is 2.23. The summed E-state index contributed by atoms with van der Waals surface area (Å²) < 4.78 is 5.26. The number of guanidine groups is 1. The number of methoxy groups -OCH3 is 1. The Hall–Kier alpha value is -2.37. The van der Waals surface area contributed by atoms with Crippen molar-refractivity contribution >= 4 is 11.6 Å². The Kier molecular flexibility index (Phi) is 6.85. The average Bonchev–Trinajstić information content (AvgIpc) is 3.19. The van der Waals surface area contributed by atoms with Gasteiger partial charge >= 0.3 is 0 Å². The van der Waals surface area contributed by atoms with E-state index in [0.29, 0.717) is 19.1 Å². The Balaban J connectivity index is 1.72. The quantitative estimate of drug-likeness (QED) is 0.579. The average molecular weight is 367 g/mol. The van der Waals surface area contributed by atoms with E-state index >= 15 is 0 Å². The van der Waals surface area contributed by atoms with Crippen molar-refractivity contribution in [2.75, 3.05) is 32.1 Å². The van der Waals surface area contributed by atoms with Crippen LogP contribution in [0.2, 0.25) is 0 Å². The summed E-state index contributed by atoms with van der Waals surface area (Å²) in [6.45, 7) is 5.55. The molecule has 1 aliphatic rings. The minimum absolute atomic E-state index is 0.266. The van der Waals surface area contributed by atoms with Crippen molar-refractivity contribution in [2.24, 2.45) is 10.7 Å². The van der Waals surface area contributed by atoms with Crippen molar-refractivity contribution < 1.29 is 4.74 Å². The van der Waals surface area contributed by atoms with Gasteiger partial charge in [-0.3, -0.25) is 9.89 Å². The number of rotatable bonds is 7. The predicted octanol–water partition coefficient (Wildman–Crippen LogP) is 3.71. The number of likely N-dealkylation sites (tertiary alicyclic amines) is 1. The highest BCUT2D eigenvalue weighted by Crippen LogP contribution is 2.26. The zero-order valence-corrected chi connectivity index (χ0v) is 16.3. The number of ether oxygens (including phenoxy) is 1. The first-order valence-corrected chi connectivity index (χ1v) is 9.62. The molecule has 1 saturated heterocycles. The van der Waals surface area contributed by atoms with Gasteiger partial charge in [-0.1, -0.05) is 48.0 Å². The van der Waals surface area contributed by atoms with Crippen LogP contribution >= 0.6 is 0 Å². The molecule has 1 fully saturated rings. The fraction of sp³-hybridized carbons (Fsp3) is 0.409. The molecule has 0 bridgehead atoms. The number of anilines is 1. The summed E-state index contributed by atoms with van der Waals surface area (Å²) in [7, 11) is 1.69. The van der Waals surface area contributed by atoms with E-state index in [9.17, 15) is 0 Å². The Labute approximate surface area is 162 Å². The summed E-state index contributed by atoms with van der Waals surface area (Å²) in [6, 6.07) is 17.0. The van der Waals surface area contributed by atoms with E-state index in [4.69, 9.17) is 10.5 Å². The van der Waals surface area contributed by atoms with Gasteiger partial charge < -0.3 is 15.8 Å². The Bertz CT molecular complexity index is 751. The number of aryl methyl sites for hydroxylation is 1. The summed E-state index contributed by atoms with van der Waals surface area (Å²) >= 11 is 0. The van der Waals surface area contributed by atoms with Crippen molar-refractivity contribution in [3.8, 4) is 0 Å². The Morgan fingerprint density at radius 1 is 1.15 bits per heavy atom. The van der Waals surface area contributed by atoms with Crippen LogP contribution in [0.3, 0.4) is 0 Å². The molecule has 0 spiro atoms. The lowest BCUT2D eigenvalue weighted by Crippen LogP contribution is -2.30. The molecule has 2 aromatic carbocycles. The molecule has 1 atom stereocenters. The number of benzene rings is 2. The molecule has 0 amide bonds. The molecule has 3 N–H and O–H groups in total. The SMILES string of the molecule is COCc1ccccc1NC(N)=NCC(c1ccc(C)cc1)N1CCCC1. The van der Waals surface area contributed by atoms with Gasteiger partial charge in [0, 0.05) is 18.4 Å². The van der Waals surface area contributed by atoms with E-state index in [1.54, 1.807) is 7.11 Å². The van der Waals surface area contributed by atoms with Gasteiger partial charge in [0.2, 0.25) is 0 Å². The van der Waals surface area contributed by atoms with Crippen LogP contribution in [-0.2, 0) is 11.3 Å². The van der Waals surface area contributed by atoms with Crippen LogP contribution in [0.1, 0.15) is 35.6 Å². The molecule has 1 heterocycles. The first-order chi connectivity index (χ1) is 13.2. The van der Waals surface area contributed by atoms with Crippen molar-refractivity contribution in [1.29, 1.82) is 0 Å². The normalized spacial score (nSPS) is 16.4. The standard InChI is InChI=1S/C22H30N4O/c1-17-9-11-18(12-10-17)21(26-13-5-6-14-26)15-24-22(23)25-20-8-4-3-7-19(20)16-27-2/h3-4,7-12,21H,5-6,13-16H2,1-2H3,(H3,23,24,25). The maximum Gasteiger partial charge on any atom is 0.193 e. The van der Waals surface area contributed by atoms with Crippen LogP contribution in [0, 0.1) is 6.92 Å². The molecule has 5 heteroatoms. The molecule has 0 radical (unpaired) electrons. The maximum absolute atomic E-state index is 6.20. The third kappa shape index (κ3) is 5.31. The molecule has 5 nitrogen and oxygen atoms in total. The molecule has 144 valence electrons. The lowest BCUT2D eigenvalue weighted by molar-refractivity contribution is 0.185. The van der Waals surface area contributed by atoms with E-state index in [-0.39, 0.29) is 6.04 Å². The number of hydrogen-bond acceptors (Lipinski definition) is 3. The second kappa shape index (κ2) is 9.53. The van der Waals surface area contributed by atoms with Gasteiger partial charge in [-0.2, -0.15) is 0 Å². The minimum atomic E-state index is 0.266. The fourth-order valence-electron chi connectivity index (χ4n) is 3.56. The third-order valence-electron chi connectivity index (χ3n) is 5.06. The van der Waals surface area contributed by atoms with Crippen LogP contribution in [0.25, 0.3) is 0 Å². The fourth-order valence-corrected chi connectivity index (χ4v) is 3.56. The molecular formula is C22H30N4O. The van der Waals surface area contributed by atoms with Crippen molar-refractivity contribution in [2.45, 2.75) is 32.4 Å². The highest BCUT2D eigenvalue weighted by molar-refractivity contribution is 5.93. The number of nitrogens with zero attached hydrogens (tertiary/aromatic N) is 2. The largest absolute Gasteiger partial charge is 0.380 e. The summed E-state index contributed by atoms with van der Waals surface area (Å²) in [6.07, 6.45) is 2.51. The summed E-state index contributed by atoms with van der Waals surface area (Å²) in [5.41, 5.74) is 10.8. The first kappa shape index (κ1) is 19.4. The van der Waals surface area contributed by atoms with E-state index in [2.05, 4.69) is 46.4 Å². The molecule has 0 aromatic heterocycles. The van der Waals surface area contributed by atoms with Crippen molar-refractivity contribution in [1.82, 2.24) is 4.90 Å². The lowest BCUT2D eigenvalue weighted by atomic mass is 10.0. The Morgan fingerprint density at radius 3 is 2.56 bits per heavy atom. The second-order valence-corrected chi connectivity index (χ2v) is 7.11. The second-order valence-electron chi connectivity index (χ2n) is 7.11. The molecule has 27 heavy (non-hydrogen) atoms. The van der Waals surface area contributed by atoms with Gasteiger partial charge in [-0.05, 0) is 44.5 Å². The van der Waals surface area contributed by atoms with Crippen LogP contribution in [-0.4, -0.2) is 37.6 Å². The molecular weight excluding hydrogens is 336 g/mol. The van der Waals surface area contributed by atoms with Crippen LogP contribution in [0.15, 0.2) is 53.5 Å². The summed E-state index contributed by atoms with van der Waals surface area (Å²) in [5.74, 6) is 0.440. The van der Waals surface area contributed by atoms with E-state index < -0.39 is 0 Å². The number of nitrogens with one attached hydrogen (secondary N) is 1. The maximum atomic E-state index is 6.20. The Morgan fingerprint density at radius 2 is 1.85 bits per heavy atom. The third-order valence-corrected chi connectivity index (χ3v) is 5.06. The molecule has 0 saturated carbocycles. The monoisotopic (exact) mass is 366 g/mol. The summed E-state index contributed by atoms with van der Waals surface area (Å²) in [5, 5.41) is 3.23. The predicted molar refractivity (Wildman–Crippen MR) is 112 cm³/mol. The summed E-state index contributed by atoms with van der Waals surface area (Å²) in [4.78, 5) is 7.18. The van der Waals surface area contributed by atoms with Crippen LogP contribution in [0.5, 0.6) is 0 Å². The molecule has 3 rings (SSSR count). The van der Waals surface area contributed by atoms with Crippen molar-refractivity contribution in [3.05, 3.63) is 65.2 Å². The lowest BCUT2D eigenvalue weighted by Gasteiger charge is -2.27. The van der Waals surface area contributed by atoms with Gasteiger partial charge in [0.1, 0.15) is 0 Å². The van der Waals surface area contributed by atoms with E-state index in [0.717, 1.165) is 24.3 Å². The van der Waals surface area contributed by atoms with Gasteiger partial charge in [0.25, 0.3) is 0 Å². The van der Waals surface area contributed by atoms with Gasteiger partial charge in [0.05, 0.1) is 19.2 Å².